The Morgan fingerprint density at radius 2 is 2.12 bits per heavy atom. The van der Waals surface area contributed by atoms with Crippen LogP contribution in [0.2, 0.25) is 0 Å². The van der Waals surface area contributed by atoms with Crippen LogP contribution in [0.25, 0.3) is 10.2 Å². The Hall–Kier alpha value is -1.94. The fraction of sp³-hybridized carbons (Fsp3) is 0.0769. The van der Waals surface area contributed by atoms with Crippen LogP contribution in [0.1, 0.15) is 5.01 Å². The molecule has 1 aromatic carbocycles. The van der Waals surface area contributed by atoms with Gasteiger partial charge in [-0.15, -0.1) is 11.3 Å². The normalized spacial score (nSPS) is 10.6. The van der Waals surface area contributed by atoms with Crippen LogP contribution in [0.3, 0.4) is 0 Å². The molecule has 0 aliphatic carbocycles. The number of benzene rings is 1. The molecular formula is C13H10N2OS. The molecule has 3 nitrogen and oxygen atoms in total. The maximum atomic E-state index is 5.65. The minimum atomic E-state index is 0.596. The van der Waals surface area contributed by atoms with Gasteiger partial charge in [-0.1, -0.05) is 6.07 Å². The highest BCUT2D eigenvalue weighted by Crippen LogP contribution is 2.27. The number of fused-ring (bicyclic) bond motifs is 1. The van der Waals surface area contributed by atoms with Gasteiger partial charge in [-0.25, -0.2) is 9.97 Å². The van der Waals surface area contributed by atoms with Crippen LogP contribution in [0.15, 0.2) is 42.6 Å². The first-order chi connectivity index (χ1) is 8.31. The zero-order valence-electron chi connectivity index (χ0n) is 9.25. The molecule has 0 unspecified atom stereocenters. The molecule has 3 rings (SSSR count). The van der Waals surface area contributed by atoms with Gasteiger partial charge in [0.15, 0.2) is 0 Å². The lowest BCUT2D eigenvalue weighted by Gasteiger charge is -2.03. The third-order valence-corrected chi connectivity index (χ3v) is 3.28. The number of aryl methyl sites for hydroxylation is 1. The molecule has 17 heavy (non-hydrogen) atoms. The maximum Gasteiger partial charge on any atom is 0.219 e. The van der Waals surface area contributed by atoms with Crippen LogP contribution < -0.4 is 4.74 Å². The average molecular weight is 242 g/mol. The molecule has 0 N–H and O–H groups in total. The second kappa shape index (κ2) is 4.14. The molecule has 0 fully saturated rings. The molecule has 0 atom stereocenters. The van der Waals surface area contributed by atoms with E-state index in [1.165, 1.54) is 4.70 Å². The van der Waals surface area contributed by atoms with Gasteiger partial charge in [-0.05, 0) is 25.1 Å². The van der Waals surface area contributed by atoms with Gasteiger partial charge in [0.1, 0.15) is 5.75 Å². The van der Waals surface area contributed by atoms with Gasteiger partial charge in [-0.3, -0.25) is 0 Å². The van der Waals surface area contributed by atoms with Gasteiger partial charge in [0.05, 0.1) is 15.2 Å². The summed E-state index contributed by atoms with van der Waals surface area (Å²) in [7, 11) is 0. The fourth-order valence-electron chi connectivity index (χ4n) is 1.61. The summed E-state index contributed by atoms with van der Waals surface area (Å²) in [5.74, 6) is 1.36. The molecule has 0 saturated carbocycles. The van der Waals surface area contributed by atoms with Crippen LogP contribution in [0, 0.1) is 6.92 Å². The van der Waals surface area contributed by atoms with Crippen LogP contribution in [0.4, 0.5) is 0 Å². The smallest absolute Gasteiger partial charge is 0.219 e. The quantitative estimate of drug-likeness (QED) is 0.685. The van der Waals surface area contributed by atoms with E-state index in [-0.39, 0.29) is 0 Å². The molecule has 84 valence electrons. The zero-order valence-corrected chi connectivity index (χ0v) is 10.1. The van der Waals surface area contributed by atoms with Crippen molar-refractivity contribution in [3.8, 4) is 11.6 Å². The monoisotopic (exact) mass is 242 g/mol. The highest BCUT2D eigenvalue weighted by atomic mass is 32.1. The predicted molar refractivity (Wildman–Crippen MR) is 68.7 cm³/mol. The molecule has 0 saturated heterocycles. The number of ether oxygens (including phenoxy) is 1. The highest BCUT2D eigenvalue weighted by Gasteiger charge is 2.03. The molecule has 0 spiro atoms. The molecule has 4 heteroatoms. The van der Waals surface area contributed by atoms with Gasteiger partial charge in [-0.2, -0.15) is 0 Å². The van der Waals surface area contributed by atoms with Crippen LogP contribution in [-0.2, 0) is 0 Å². The van der Waals surface area contributed by atoms with Gasteiger partial charge in [0, 0.05) is 18.3 Å². The van der Waals surface area contributed by atoms with E-state index in [1.807, 2.05) is 43.3 Å². The molecular weight excluding hydrogens is 232 g/mol. The largest absolute Gasteiger partial charge is 0.439 e. The summed E-state index contributed by atoms with van der Waals surface area (Å²) < 4.78 is 6.83. The van der Waals surface area contributed by atoms with E-state index in [1.54, 1.807) is 17.5 Å². The van der Waals surface area contributed by atoms with Crippen molar-refractivity contribution in [2.24, 2.45) is 0 Å². The number of thiazole rings is 1. The minimum Gasteiger partial charge on any atom is -0.439 e. The molecule has 3 aromatic rings. The van der Waals surface area contributed by atoms with Crippen LogP contribution in [0.5, 0.6) is 11.6 Å². The topological polar surface area (TPSA) is 35.0 Å². The van der Waals surface area contributed by atoms with E-state index in [0.717, 1.165) is 16.3 Å². The molecule has 0 amide bonds. The number of hydrogen-bond acceptors (Lipinski definition) is 4. The number of hydrogen-bond donors (Lipinski definition) is 0. The first-order valence-corrected chi connectivity index (χ1v) is 6.09. The SMILES string of the molecule is Cc1nc2cc(Oc3ccccn3)ccc2s1. The molecule has 2 heterocycles. The Labute approximate surface area is 103 Å². The number of rotatable bonds is 2. The maximum absolute atomic E-state index is 5.65. The summed E-state index contributed by atoms with van der Waals surface area (Å²) in [5.41, 5.74) is 0.973. The first-order valence-electron chi connectivity index (χ1n) is 5.27. The third-order valence-electron chi connectivity index (χ3n) is 2.33. The summed E-state index contributed by atoms with van der Waals surface area (Å²) >= 11 is 1.68. The minimum absolute atomic E-state index is 0.596. The van der Waals surface area contributed by atoms with Crippen molar-refractivity contribution in [1.82, 2.24) is 9.97 Å². The number of aromatic nitrogens is 2. The number of pyridine rings is 1. The summed E-state index contributed by atoms with van der Waals surface area (Å²) in [6, 6.07) is 11.5. The van der Waals surface area contributed by atoms with Crippen molar-refractivity contribution in [2.75, 3.05) is 0 Å². The highest BCUT2D eigenvalue weighted by molar-refractivity contribution is 7.18. The molecule has 2 aromatic heterocycles. The predicted octanol–water partition coefficient (Wildman–Crippen LogP) is 3.79. The van der Waals surface area contributed by atoms with E-state index < -0.39 is 0 Å². The van der Waals surface area contributed by atoms with Gasteiger partial charge in [0.2, 0.25) is 5.88 Å². The first kappa shape index (κ1) is 10.2. The standard InChI is InChI=1S/C13H10N2OS/c1-9-15-11-8-10(5-6-12(11)17-9)16-13-4-2-3-7-14-13/h2-8H,1H3. The Morgan fingerprint density at radius 1 is 1.18 bits per heavy atom. The molecule has 0 bridgehead atoms. The van der Waals surface area contributed by atoms with Crippen molar-refractivity contribution in [1.29, 1.82) is 0 Å². The van der Waals surface area contributed by atoms with Crippen molar-refractivity contribution in [3.05, 3.63) is 47.6 Å². The van der Waals surface area contributed by atoms with Crippen LogP contribution >= 0.6 is 11.3 Å². The van der Waals surface area contributed by atoms with E-state index >= 15 is 0 Å². The molecule has 0 radical (unpaired) electrons. The van der Waals surface area contributed by atoms with Crippen molar-refractivity contribution >= 4 is 21.6 Å². The Bertz CT molecular complexity index is 649. The molecule has 0 aliphatic rings. The second-order valence-electron chi connectivity index (χ2n) is 3.63. The van der Waals surface area contributed by atoms with Crippen molar-refractivity contribution < 1.29 is 4.74 Å². The van der Waals surface area contributed by atoms with Crippen molar-refractivity contribution in [3.63, 3.8) is 0 Å². The van der Waals surface area contributed by atoms with E-state index in [9.17, 15) is 0 Å². The summed E-state index contributed by atoms with van der Waals surface area (Å²) in [6.07, 6.45) is 1.71. The van der Waals surface area contributed by atoms with Gasteiger partial charge < -0.3 is 4.74 Å². The summed E-state index contributed by atoms with van der Waals surface area (Å²) in [5, 5.41) is 1.06. The zero-order chi connectivity index (χ0) is 11.7. The Morgan fingerprint density at radius 3 is 2.94 bits per heavy atom. The lowest BCUT2D eigenvalue weighted by molar-refractivity contribution is 0.463. The lowest BCUT2D eigenvalue weighted by atomic mass is 10.3. The third kappa shape index (κ3) is 2.12. The van der Waals surface area contributed by atoms with E-state index in [2.05, 4.69) is 9.97 Å². The molecule has 0 aliphatic heterocycles. The van der Waals surface area contributed by atoms with Crippen LogP contribution in [-0.4, -0.2) is 9.97 Å². The van der Waals surface area contributed by atoms with Crippen molar-refractivity contribution in [2.45, 2.75) is 6.92 Å². The Kier molecular flexibility index (Phi) is 2.49. The second-order valence-corrected chi connectivity index (χ2v) is 4.87. The summed E-state index contributed by atoms with van der Waals surface area (Å²) in [6.45, 7) is 2.00. The summed E-state index contributed by atoms with van der Waals surface area (Å²) in [4.78, 5) is 8.55. The van der Waals surface area contributed by atoms with Gasteiger partial charge in [0.25, 0.3) is 0 Å². The van der Waals surface area contributed by atoms with Gasteiger partial charge >= 0.3 is 0 Å². The fourth-order valence-corrected chi connectivity index (χ4v) is 2.42. The van der Waals surface area contributed by atoms with E-state index in [4.69, 9.17) is 4.74 Å². The average Bonchev–Trinajstić information content (AvgIpc) is 2.70. The lowest BCUT2D eigenvalue weighted by Crippen LogP contribution is -1.86. The Balaban J connectivity index is 1.95. The number of nitrogens with zero attached hydrogens (tertiary/aromatic N) is 2. The van der Waals surface area contributed by atoms with E-state index in [0.29, 0.717) is 5.88 Å².